The van der Waals surface area contributed by atoms with E-state index in [9.17, 15) is 0 Å². The van der Waals surface area contributed by atoms with E-state index in [1.165, 1.54) is 0 Å². The molecule has 58 valence electrons. The predicted molar refractivity (Wildman–Crippen MR) is 41.5 cm³/mol. The van der Waals surface area contributed by atoms with E-state index in [4.69, 9.17) is 9.47 Å². The van der Waals surface area contributed by atoms with Crippen LogP contribution in [0.3, 0.4) is 0 Å². The minimum absolute atomic E-state index is 0.572. The molecule has 0 aromatic carbocycles. The summed E-state index contributed by atoms with van der Waals surface area (Å²) in [7, 11) is 3.18. The van der Waals surface area contributed by atoms with Crippen LogP contribution in [0.1, 0.15) is 13.8 Å². The highest BCUT2D eigenvalue weighted by Crippen LogP contribution is 2.13. The van der Waals surface area contributed by atoms with Crippen molar-refractivity contribution in [1.82, 2.24) is 0 Å². The lowest BCUT2D eigenvalue weighted by Gasteiger charge is -2.09. The fraction of sp³-hybridized carbons (Fsp3) is 0.500. The number of ether oxygens (including phenoxy) is 2. The van der Waals surface area contributed by atoms with Crippen molar-refractivity contribution >= 4 is 0 Å². The van der Waals surface area contributed by atoms with Crippen molar-refractivity contribution in [2.24, 2.45) is 0 Å². The van der Waals surface area contributed by atoms with E-state index in [1.807, 2.05) is 13.8 Å². The zero-order valence-corrected chi connectivity index (χ0v) is 7.02. The third-order valence-corrected chi connectivity index (χ3v) is 1.16. The average molecular weight is 142 g/mol. The number of rotatable bonds is 3. The standard InChI is InChI=1S/C8H14O2/c1-6(2)8(10-5)7(3)9-4/h3H2,1-2,4-5H3. The summed E-state index contributed by atoms with van der Waals surface area (Å²) < 4.78 is 9.91. The van der Waals surface area contributed by atoms with Crippen LogP contribution in [-0.4, -0.2) is 14.2 Å². The molecule has 0 saturated heterocycles. The third kappa shape index (κ3) is 2.13. The fourth-order valence-electron chi connectivity index (χ4n) is 0.689. The highest BCUT2D eigenvalue weighted by atomic mass is 16.5. The molecule has 0 rings (SSSR count). The molecule has 0 fully saturated rings. The Bertz CT molecular complexity index is 153. The van der Waals surface area contributed by atoms with Gasteiger partial charge >= 0.3 is 0 Å². The van der Waals surface area contributed by atoms with Crippen molar-refractivity contribution in [3.8, 4) is 0 Å². The molecule has 0 bridgehead atoms. The largest absolute Gasteiger partial charge is 0.494 e. The molecule has 0 heterocycles. The zero-order chi connectivity index (χ0) is 8.15. The molecule has 0 aromatic heterocycles. The molecule has 0 spiro atoms. The molecule has 0 radical (unpaired) electrons. The van der Waals surface area contributed by atoms with Gasteiger partial charge in [-0.2, -0.15) is 0 Å². The molecule has 0 aliphatic rings. The predicted octanol–water partition coefficient (Wildman–Crippen LogP) is 2.09. The molecule has 10 heavy (non-hydrogen) atoms. The molecule has 0 aromatic rings. The van der Waals surface area contributed by atoms with Gasteiger partial charge in [0.1, 0.15) is 0 Å². The van der Waals surface area contributed by atoms with E-state index >= 15 is 0 Å². The van der Waals surface area contributed by atoms with Gasteiger partial charge in [-0.1, -0.05) is 6.58 Å². The van der Waals surface area contributed by atoms with Gasteiger partial charge in [0, 0.05) is 0 Å². The number of methoxy groups -OCH3 is 2. The van der Waals surface area contributed by atoms with Crippen LogP contribution in [0.25, 0.3) is 0 Å². The summed E-state index contributed by atoms with van der Waals surface area (Å²) >= 11 is 0. The molecule has 2 heteroatoms. The summed E-state index contributed by atoms with van der Waals surface area (Å²) in [5.74, 6) is 1.30. The van der Waals surface area contributed by atoms with E-state index in [-0.39, 0.29) is 0 Å². The van der Waals surface area contributed by atoms with Crippen LogP contribution in [0.4, 0.5) is 0 Å². The first-order valence-corrected chi connectivity index (χ1v) is 3.08. The van der Waals surface area contributed by atoms with Gasteiger partial charge in [-0.25, -0.2) is 0 Å². The van der Waals surface area contributed by atoms with Crippen molar-refractivity contribution in [3.63, 3.8) is 0 Å². The lowest BCUT2D eigenvalue weighted by atomic mass is 10.2. The van der Waals surface area contributed by atoms with Crippen LogP contribution in [-0.2, 0) is 9.47 Å². The van der Waals surface area contributed by atoms with E-state index in [0.717, 1.165) is 11.3 Å². The van der Waals surface area contributed by atoms with Gasteiger partial charge in [0.2, 0.25) is 0 Å². The molecule has 0 aliphatic heterocycles. The quantitative estimate of drug-likeness (QED) is 0.443. The Morgan fingerprint density at radius 3 is 1.70 bits per heavy atom. The Morgan fingerprint density at radius 2 is 1.60 bits per heavy atom. The van der Waals surface area contributed by atoms with Crippen molar-refractivity contribution in [2.45, 2.75) is 13.8 Å². The maximum Gasteiger partial charge on any atom is 0.158 e. The minimum Gasteiger partial charge on any atom is -0.494 e. The molecule has 0 aliphatic carbocycles. The van der Waals surface area contributed by atoms with Gasteiger partial charge in [-0.05, 0) is 19.4 Å². The maximum atomic E-state index is 5.02. The highest BCUT2D eigenvalue weighted by molar-refractivity contribution is 5.20. The molecule has 2 nitrogen and oxygen atoms in total. The monoisotopic (exact) mass is 142 g/mol. The highest BCUT2D eigenvalue weighted by Gasteiger charge is 2.02. The summed E-state index contributed by atoms with van der Waals surface area (Å²) in [5.41, 5.74) is 1.06. The van der Waals surface area contributed by atoms with Gasteiger partial charge in [-0.15, -0.1) is 0 Å². The molecular formula is C8H14O2. The first-order valence-electron chi connectivity index (χ1n) is 3.08. The van der Waals surface area contributed by atoms with Gasteiger partial charge in [0.25, 0.3) is 0 Å². The number of hydrogen-bond acceptors (Lipinski definition) is 2. The Morgan fingerprint density at radius 1 is 1.10 bits per heavy atom. The Labute approximate surface area is 62.1 Å². The smallest absolute Gasteiger partial charge is 0.158 e. The van der Waals surface area contributed by atoms with Crippen molar-refractivity contribution in [2.75, 3.05) is 14.2 Å². The first-order chi connectivity index (χ1) is 4.63. The molecule has 0 amide bonds. The second kappa shape index (κ2) is 3.99. The van der Waals surface area contributed by atoms with Crippen molar-refractivity contribution in [1.29, 1.82) is 0 Å². The summed E-state index contributed by atoms with van der Waals surface area (Å²) in [6, 6.07) is 0. The van der Waals surface area contributed by atoms with Crippen molar-refractivity contribution in [3.05, 3.63) is 23.7 Å². The van der Waals surface area contributed by atoms with Crippen LogP contribution in [0.2, 0.25) is 0 Å². The van der Waals surface area contributed by atoms with Gasteiger partial charge in [0.15, 0.2) is 11.5 Å². The zero-order valence-electron chi connectivity index (χ0n) is 7.02. The van der Waals surface area contributed by atoms with E-state index < -0.39 is 0 Å². The maximum absolute atomic E-state index is 5.02. The molecule has 0 N–H and O–H groups in total. The van der Waals surface area contributed by atoms with E-state index in [0.29, 0.717) is 5.76 Å². The number of allylic oxidation sites excluding steroid dienone is 1. The topological polar surface area (TPSA) is 18.5 Å². The molecule has 0 atom stereocenters. The Hall–Kier alpha value is -0.920. The van der Waals surface area contributed by atoms with E-state index in [2.05, 4.69) is 6.58 Å². The Kier molecular flexibility index (Phi) is 3.62. The second-order valence-electron chi connectivity index (χ2n) is 2.16. The summed E-state index contributed by atoms with van der Waals surface area (Å²) in [5, 5.41) is 0. The van der Waals surface area contributed by atoms with Crippen LogP contribution in [0, 0.1) is 0 Å². The summed E-state index contributed by atoms with van der Waals surface area (Å²) in [6.45, 7) is 7.56. The minimum atomic E-state index is 0.572. The fourth-order valence-corrected chi connectivity index (χ4v) is 0.689. The lowest BCUT2D eigenvalue weighted by Crippen LogP contribution is -1.95. The second-order valence-corrected chi connectivity index (χ2v) is 2.16. The molecule has 0 saturated carbocycles. The van der Waals surface area contributed by atoms with E-state index in [1.54, 1.807) is 14.2 Å². The number of hydrogen-bond donors (Lipinski definition) is 0. The van der Waals surface area contributed by atoms with Crippen LogP contribution in [0.15, 0.2) is 23.7 Å². The van der Waals surface area contributed by atoms with Crippen LogP contribution < -0.4 is 0 Å². The van der Waals surface area contributed by atoms with Crippen molar-refractivity contribution < 1.29 is 9.47 Å². The normalized spacial score (nSPS) is 8.40. The molecule has 0 unspecified atom stereocenters. The average Bonchev–Trinajstić information content (AvgIpc) is 1.88. The van der Waals surface area contributed by atoms with Crippen LogP contribution >= 0.6 is 0 Å². The third-order valence-electron chi connectivity index (χ3n) is 1.16. The summed E-state index contributed by atoms with van der Waals surface area (Å²) in [6.07, 6.45) is 0. The SMILES string of the molecule is C=C(OC)C(OC)=C(C)C. The summed E-state index contributed by atoms with van der Waals surface area (Å²) in [4.78, 5) is 0. The molecular weight excluding hydrogens is 128 g/mol. The van der Waals surface area contributed by atoms with Gasteiger partial charge in [-0.3, -0.25) is 0 Å². The van der Waals surface area contributed by atoms with Gasteiger partial charge in [0.05, 0.1) is 14.2 Å². The Balaban J connectivity index is 4.37. The first kappa shape index (κ1) is 9.08. The van der Waals surface area contributed by atoms with Gasteiger partial charge < -0.3 is 9.47 Å². The van der Waals surface area contributed by atoms with Crippen LogP contribution in [0.5, 0.6) is 0 Å². The lowest BCUT2D eigenvalue weighted by molar-refractivity contribution is 0.218.